The van der Waals surface area contributed by atoms with Crippen molar-refractivity contribution in [3.8, 4) is 0 Å². The molecule has 1 N–H and O–H groups in total. The van der Waals surface area contributed by atoms with Gasteiger partial charge in [-0.2, -0.15) is 21.9 Å². The van der Waals surface area contributed by atoms with E-state index >= 15 is 0 Å². The molecule has 0 saturated carbocycles. The maximum absolute atomic E-state index is 12.9. The zero-order valence-electron chi connectivity index (χ0n) is 17.1. The van der Waals surface area contributed by atoms with Crippen LogP contribution in [0.5, 0.6) is 0 Å². The molecule has 0 bridgehead atoms. The molecule has 1 fully saturated rings. The molecule has 1 saturated heterocycles. The standard InChI is InChI=1S/C19H19F3N6O3S2/c20-19(21,22)13-4-6-23-16(12-13)27-8-10-28(11-9-27)17(29)5-7-24-33(30,31)15-3-1-2-14-18(15)26-32-25-14/h1-4,6,12,24H,5,7-11H2. The summed E-state index contributed by atoms with van der Waals surface area (Å²) in [6.07, 6.45) is -3.39. The molecule has 2 aromatic heterocycles. The first kappa shape index (κ1) is 23.3. The predicted octanol–water partition coefficient (Wildman–Crippen LogP) is 2.12. The van der Waals surface area contributed by atoms with Gasteiger partial charge in [-0.15, -0.1) is 0 Å². The zero-order chi connectivity index (χ0) is 23.6. The fraction of sp³-hybridized carbons (Fsp3) is 0.368. The van der Waals surface area contributed by atoms with E-state index in [1.165, 1.54) is 6.07 Å². The number of carbonyl (C=O) groups excluding carboxylic acids is 1. The maximum Gasteiger partial charge on any atom is 0.416 e. The number of sulfonamides is 1. The van der Waals surface area contributed by atoms with Crippen molar-refractivity contribution in [1.82, 2.24) is 23.4 Å². The Labute approximate surface area is 191 Å². The van der Waals surface area contributed by atoms with E-state index < -0.39 is 21.8 Å². The van der Waals surface area contributed by atoms with E-state index in [-0.39, 0.29) is 35.1 Å². The molecule has 1 amide bonds. The summed E-state index contributed by atoms with van der Waals surface area (Å²) in [5, 5.41) is 0. The van der Waals surface area contributed by atoms with Crippen LogP contribution in [-0.2, 0) is 21.0 Å². The quantitative estimate of drug-likeness (QED) is 0.552. The van der Waals surface area contributed by atoms with Crippen LogP contribution in [0.25, 0.3) is 11.0 Å². The van der Waals surface area contributed by atoms with E-state index in [2.05, 4.69) is 18.5 Å². The first-order valence-electron chi connectivity index (χ1n) is 9.92. The van der Waals surface area contributed by atoms with Gasteiger partial charge in [0.1, 0.15) is 21.7 Å². The minimum Gasteiger partial charge on any atom is -0.353 e. The van der Waals surface area contributed by atoms with Crippen LogP contribution in [0, 0.1) is 0 Å². The van der Waals surface area contributed by atoms with Gasteiger partial charge in [-0.25, -0.2) is 18.1 Å². The van der Waals surface area contributed by atoms with Gasteiger partial charge in [0.15, 0.2) is 0 Å². The molecule has 3 aromatic rings. The summed E-state index contributed by atoms with van der Waals surface area (Å²) in [5.41, 5.74) is -0.0184. The summed E-state index contributed by atoms with van der Waals surface area (Å²) in [6.45, 7) is 1.15. The Bertz CT molecular complexity index is 1260. The SMILES string of the molecule is O=C(CCNS(=O)(=O)c1cccc2nsnc12)N1CCN(c2cc(C(F)(F)F)ccn2)CC1. The normalized spacial score (nSPS) is 15.2. The maximum atomic E-state index is 12.9. The molecule has 0 spiro atoms. The summed E-state index contributed by atoms with van der Waals surface area (Å²) in [4.78, 5) is 19.8. The summed E-state index contributed by atoms with van der Waals surface area (Å²) in [6, 6.07) is 6.56. The lowest BCUT2D eigenvalue weighted by Crippen LogP contribution is -2.49. The van der Waals surface area contributed by atoms with Crippen molar-refractivity contribution >= 4 is 44.5 Å². The van der Waals surface area contributed by atoms with E-state index in [1.54, 1.807) is 21.9 Å². The second-order valence-electron chi connectivity index (χ2n) is 7.30. The number of pyridine rings is 1. The molecule has 14 heteroatoms. The Kier molecular flexibility index (Phi) is 6.50. The number of anilines is 1. The summed E-state index contributed by atoms with van der Waals surface area (Å²) < 4.78 is 74.4. The second-order valence-corrected chi connectivity index (χ2v) is 9.57. The Hall–Kier alpha value is -2.84. The average molecular weight is 501 g/mol. The number of rotatable bonds is 6. The highest BCUT2D eigenvalue weighted by Gasteiger charge is 2.32. The van der Waals surface area contributed by atoms with Crippen molar-refractivity contribution < 1.29 is 26.4 Å². The van der Waals surface area contributed by atoms with Crippen LogP contribution in [0.1, 0.15) is 12.0 Å². The lowest BCUT2D eigenvalue weighted by Gasteiger charge is -2.35. The summed E-state index contributed by atoms with van der Waals surface area (Å²) in [5.74, 6) is -0.0433. The minimum absolute atomic E-state index is 0.00315. The highest BCUT2D eigenvalue weighted by molar-refractivity contribution is 7.89. The average Bonchev–Trinajstić information content (AvgIpc) is 3.27. The molecule has 9 nitrogen and oxygen atoms in total. The summed E-state index contributed by atoms with van der Waals surface area (Å²) >= 11 is 0.914. The number of fused-ring (bicyclic) bond motifs is 1. The molecule has 0 aliphatic carbocycles. The number of hydrogen-bond acceptors (Lipinski definition) is 8. The van der Waals surface area contributed by atoms with Crippen LogP contribution in [0.15, 0.2) is 41.4 Å². The summed E-state index contributed by atoms with van der Waals surface area (Å²) in [7, 11) is -3.87. The van der Waals surface area contributed by atoms with E-state index in [9.17, 15) is 26.4 Å². The van der Waals surface area contributed by atoms with Crippen LogP contribution in [0.4, 0.5) is 19.0 Å². The van der Waals surface area contributed by atoms with E-state index in [1.807, 2.05) is 0 Å². The molecule has 0 radical (unpaired) electrons. The number of piperazine rings is 1. The Morgan fingerprint density at radius 3 is 2.61 bits per heavy atom. The van der Waals surface area contributed by atoms with Crippen LogP contribution in [-0.4, -0.2) is 65.7 Å². The third-order valence-corrected chi connectivity index (χ3v) is 7.23. The fourth-order valence-electron chi connectivity index (χ4n) is 3.48. The van der Waals surface area contributed by atoms with Crippen LogP contribution in [0.2, 0.25) is 0 Å². The van der Waals surface area contributed by atoms with Gasteiger partial charge in [-0.1, -0.05) is 6.07 Å². The van der Waals surface area contributed by atoms with Crippen molar-refractivity contribution in [3.63, 3.8) is 0 Å². The monoisotopic (exact) mass is 500 g/mol. The molecule has 1 aromatic carbocycles. The van der Waals surface area contributed by atoms with E-state index in [0.717, 1.165) is 30.1 Å². The third kappa shape index (κ3) is 5.23. The van der Waals surface area contributed by atoms with Crippen molar-refractivity contribution in [2.45, 2.75) is 17.5 Å². The van der Waals surface area contributed by atoms with Gasteiger partial charge < -0.3 is 9.80 Å². The number of hydrogen-bond donors (Lipinski definition) is 1. The number of halogens is 3. The molecule has 3 heterocycles. The number of nitrogens with zero attached hydrogens (tertiary/aromatic N) is 5. The fourth-order valence-corrected chi connectivity index (χ4v) is 5.28. The largest absolute Gasteiger partial charge is 0.416 e. The van der Waals surface area contributed by atoms with Crippen LogP contribution in [0.3, 0.4) is 0 Å². The molecule has 33 heavy (non-hydrogen) atoms. The molecule has 1 aliphatic heterocycles. The number of amides is 1. The van der Waals surface area contributed by atoms with Gasteiger partial charge in [0.25, 0.3) is 0 Å². The smallest absolute Gasteiger partial charge is 0.353 e. The van der Waals surface area contributed by atoms with Gasteiger partial charge in [0.05, 0.1) is 17.3 Å². The molecular weight excluding hydrogens is 481 g/mol. The first-order chi connectivity index (χ1) is 15.6. The van der Waals surface area contributed by atoms with Crippen molar-refractivity contribution in [2.24, 2.45) is 0 Å². The lowest BCUT2D eigenvalue weighted by molar-refractivity contribution is -0.137. The van der Waals surface area contributed by atoms with E-state index in [0.29, 0.717) is 31.7 Å². The van der Waals surface area contributed by atoms with Gasteiger partial charge in [-0.05, 0) is 24.3 Å². The Morgan fingerprint density at radius 1 is 1.12 bits per heavy atom. The van der Waals surface area contributed by atoms with Crippen molar-refractivity contribution in [1.29, 1.82) is 0 Å². The zero-order valence-corrected chi connectivity index (χ0v) is 18.8. The van der Waals surface area contributed by atoms with Crippen molar-refractivity contribution in [3.05, 3.63) is 42.1 Å². The van der Waals surface area contributed by atoms with Crippen LogP contribution >= 0.6 is 11.7 Å². The van der Waals surface area contributed by atoms with Gasteiger partial charge in [0.2, 0.25) is 15.9 Å². The number of nitrogens with one attached hydrogen (secondary N) is 1. The predicted molar refractivity (Wildman–Crippen MR) is 115 cm³/mol. The highest BCUT2D eigenvalue weighted by Crippen LogP contribution is 2.31. The molecule has 1 aliphatic rings. The highest BCUT2D eigenvalue weighted by atomic mass is 32.2. The number of carbonyl (C=O) groups is 1. The van der Waals surface area contributed by atoms with Gasteiger partial charge in [-0.3, -0.25) is 4.79 Å². The Morgan fingerprint density at radius 2 is 1.88 bits per heavy atom. The Balaban J connectivity index is 1.30. The molecule has 0 unspecified atom stereocenters. The van der Waals surface area contributed by atoms with Crippen LogP contribution < -0.4 is 9.62 Å². The number of benzene rings is 1. The minimum atomic E-state index is -4.45. The third-order valence-electron chi connectivity index (χ3n) is 5.20. The lowest BCUT2D eigenvalue weighted by atomic mass is 10.2. The molecule has 4 rings (SSSR count). The molecule has 0 atom stereocenters. The number of alkyl halides is 3. The molecular formula is C19H19F3N6O3S2. The van der Waals surface area contributed by atoms with E-state index in [4.69, 9.17) is 0 Å². The number of aromatic nitrogens is 3. The molecule has 176 valence electrons. The van der Waals surface area contributed by atoms with Gasteiger partial charge in [0, 0.05) is 45.3 Å². The van der Waals surface area contributed by atoms with Gasteiger partial charge >= 0.3 is 6.18 Å². The second kappa shape index (κ2) is 9.19. The topological polar surface area (TPSA) is 108 Å². The first-order valence-corrected chi connectivity index (χ1v) is 12.1. The van der Waals surface area contributed by atoms with Crippen molar-refractivity contribution in [2.75, 3.05) is 37.6 Å².